The molecule has 2 aliphatic rings. The maximum atomic E-state index is 2.49. The Hall–Kier alpha value is -8.20. The minimum Gasteiger partial charge on any atom is -0.310 e. The van der Waals surface area contributed by atoms with Crippen LogP contribution in [0.1, 0.15) is 22.3 Å². The monoisotopic (exact) mass is 802 g/mol. The summed E-state index contributed by atoms with van der Waals surface area (Å²) in [5, 5.41) is 0. The minimum atomic E-state index is -0.563. The summed E-state index contributed by atoms with van der Waals surface area (Å²) in [6.07, 6.45) is 0. The predicted molar refractivity (Wildman–Crippen MR) is 263 cm³/mol. The van der Waals surface area contributed by atoms with E-state index in [4.69, 9.17) is 0 Å². The van der Waals surface area contributed by atoms with E-state index < -0.39 is 5.41 Å². The van der Waals surface area contributed by atoms with E-state index in [1.165, 1.54) is 66.8 Å². The Labute approximate surface area is 369 Å². The van der Waals surface area contributed by atoms with Crippen molar-refractivity contribution in [3.8, 4) is 44.5 Å². The van der Waals surface area contributed by atoms with Gasteiger partial charge in [0.05, 0.1) is 5.41 Å². The second-order valence-electron chi connectivity index (χ2n) is 16.5. The lowest BCUT2D eigenvalue weighted by molar-refractivity contribution is 0.793. The van der Waals surface area contributed by atoms with Crippen LogP contribution in [0.3, 0.4) is 0 Å². The topological polar surface area (TPSA) is 6.48 Å². The Balaban J connectivity index is 1.11. The fourth-order valence-electron chi connectivity index (χ4n) is 10.4. The van der Waals surface area contributed by atoms with Crippen molar-refractivity contribution >= 4 is 34.1 Å². The minimum absolute atomic E-state index is 0.563. The van der Waals surface area contributed by atoms with E-state index in [2.05, 4.69) is 265 Å². The van der Waals surface area contributed by atoms with Gasteiger partial charge in [-0.3, -0.25) is 0 Å². The van der Waals surface area contributed by atoms with Crippen molar-refractivity contribution in [1.29, 1.82) is 0 Å². The summed E-state index contributed by atoms with van der Waals surface area (Å²) in [4.78, 5) is 4.83. The van der Waals surface area contributed by atoms with Gasteiger partial charge in [0.25, 0.3) is 0 Å². The first-order valence-corrected chi connectivity index (χ1v) is 21.8. The van der Waals surface area contributed by atoms with Crippen molar-refractivity contribution < 1.29 is 0 Å². The molecule has 1 atom stereocenters. The van der Waals surface area contributed by atoms with Gasteiger partial charge in [0.2, 0.25) is 0 Å². The molecule has 296 valence electrons. The third-order valence-electron chi connectivity index (χ3n) is 13.0. The molecule has 0 aromatic heterocycles. The number of nitrogens with zero attached hydrogens (tertiary/aromatic N) is 2. The van der Waals surface area contributed by atoms with Crippen molar-refractivity contribution in [1.82, 2.24) is 0 Å². The average molecular weight is 803 g/mol. The van der Waals surface area contributed by atoms with Crippen molar-refractivity contribution in [2.24, 2.45) is 0 Å². The fourth-order valence-corrected chi connectivity index (χ4v) is 10.4. The first kappa shape index (κ1) is 36.6. The van der Waals surface area contributed by atoms with Crippen molar-refractivity contribution in [3.05, 3.63) is 277 Å². The number of benzene rings is 10. The molecule has 2 heteroatoms. The molecule has 0 heterocycles. The zero-order valence-electron chi connectivity index (χ0n) is 34.6. The molecule has 0 fully saturated rings. The van der Waals surface area contributed by atoms with Gasteiger partial charge in [0, 0.05) is 34.1 Å². The number of hydrogen-bond donors (Lipinski definition) is 0. The summed E-state index contributed by atoms with van der Waals surface area (Å²) in [6.45, 7) is 0. The standard InChI is InChI=1S/C61H42N2/c1-5-19-43(20-6-1)45-23-17-29-49(39-45)63(50-30-18-24-46(40-50)44-21-7-2-8-22-44)52-36-38-56-54-32-14-16-34-58(54)61(60(56)42-52)57-33-15-13-31-53(57)55-37-35-51(41-59(55)61)62(47-25-9-3-10-26-47)48-27-11-4-12-28-48/h1-42H. The Morgan fingerprint density at radius 3 is 0.968 bits per heavy atom. The molecule has 0 bridgehead atoms. The molecule has 1 unspecified atom stereocenters. The zero-order valence-corrected chi connectivity index (χ0v) is 34.6. The molecule has 0 amide bonds. The van der Waals surface area contributed by atoms with Gasteiger partial charge in [0.1, 0.15) is 0 Å². The lowest BCUT2D eigenvalue weighted by atomic mass is 9.70. The van der Waals surface area contributed by atoms with Gasteiger partial charge in [0.15, 0.2) is 0 Å². The van der Waals surface area contributed by atoms with Crippen LogP contribution in [-0.4, -0.2) is 0 Å². The van der Waals surface area contributed by atoms with Gasteiger partial charge >= 0.3 is 0 Å². The van der Waals surface area contributed by atoms with E-state index in [0.717, 1.165) is 34.1 Å². The first-order chi connectivity index (χ1) is 31.3. The zero-order chi connectivity index (χ0) is 41.7. The van der Waals surface area contributed by atoms with E-state index in [1.807, 2.05) is 0 Å². The molecule has 10 aromatic carbocycles. The SMILES string of the molecule is c1ccc(-c2cccc(N(c3cccc(-c4ccccc4)c3)c3ccc4c(c3)C3(c5ccccc5-c5ccc(N(c6ccccc6)c6ccccc6)cc53)c3ccccc3-4)c2)cc1. The quantitative estimate of drug-likeness (QED) is 0.151. The smallest absolute Gasteiger partial charge is 0.0727 e. The van der Waals surface area contributed by atoms with Crippen molar-refractivity contribution in [3.63, 3.8) is 0 Å². The highest BCUT2D eigenvalue weighted by atomic mass is 15.1. The number of para-hydroxylation sites is 2. The summed E-state index contributed by atoms with van der Waals surface area (Å²) in [7, 11) is 0. The summed E-state index contributed by atoms with van der Waals surface area (Å²) in [6, 6.07) is 93.3. The van der Waals surface area contributed by atoms with Crippen LogP contribution in [0.4, 0.5) is 34.1 Å². The highest BCUT2D eigenvalue weighted by Crippen LogP contribution is 2.64. The van der Waals surface area contributed by atoms with Gasteiger partial charge in [-0.2, -0.15) is 0 Å². The molecule has 10 aromatic rings. The number of hydrogen-bond acceptors (Lipinski definition) is 2. The Morgan fingerprint density at radius 2 is 0.524 bits per heavy atom. The van der Waals surface area contributed by atoms with Crippen LogP contribution in [0.2, 0.25) is 0 Å². The van der Waals surface area contributed by atoms with Crippen LogP contribution >= 0.6 is 0 Å². The highest BCUT2D eigenvalue weighted by Gasteiger charge is 2.52. The van der Waals surface area contributed by atoms with Crippen LogP contribution in [0, 0.1) is 0 Å². The average Bonchev–Trinajstić information content (AvgIpc) is 3.82. The van der Waals surface area contributed by atoms with Gasteiger partial charge in [-0.25, -0.2) is 0 Å². The largest absolute Gasteiger partial charge is 0.310 e. The normalized spacial score (nSPS) is 14.1. The third kappa shape index (κ3) is 5.95. The fraction of sp³-hybridized carbons (Fsp3) is 0.0164. The van der Waals surface area contributed by atoms with E-state index >= 15 is 0 Å². The molecule has 0 radical (unpaired) electrons. The Morgan fingerprint density at radius 1 is 0.206 bits per heavy atom. The lowest BCUT2D eigenvalue weighted by Crippen LogP contribution is -2.26. The Kier molecular flexibility index (Phi) is 8.76. The molecule has 0 saturated heterocycles. The molecule has 0 aliphatic heterocycles. The van der Waals surface area contributed by atoms with Gasteiger partial charge < -0.3 is 9.80 Å². The maximum absolute atomic E-state index is 2.49. The van der Waals surface area contributed by atoms with Crippen LogP contribution in [0.25, 0.3) is 44.5 Å². The van der Waals surface area contributed by atoms with E-state index in [9.17, 15) is 0 Å². The molecular weight excluding hydrogens is 761 g/mol. The van der Waals surface area contributed by atoms with Crippen molar-refractivity contribution in [2.75, 3.05) is 9.80 Å². The summed E-state index contributed by atoms with van der Waals surface area (Å²) >= 11 is 0. The van der Waals surface area contributed by atoms with Gasteiger partial charge in [-0.1, -0.05) is 182 Å². The second-order valence-corrected chi connectivity index (χ2v) is 16.5. The van der Waals surface area contributed by atoms with Crippen LogP contribution in [0.15, 0.2) is 255 Å². The molecule has 12 rings (SSSR count). The van der Waals surface area contributed by atoms with Gasteiger partial charge in [-0.05, 0) is 140 Å². The Bertz CT molecular complexity index is 3150. The molecule has 1 spiro atoms. The highest BCUT2D eigenvalue weighted by molar-refractivity contribution is 5.97. The van der Waals surface area contributed by atoms with Gasteiger partial charge in [-0.15, -0.1) is 0 Å². The van der Waals surface area contributed by atoms with E-state index in [1.54, 1.807) is 0 Å². The molecule has 0 N–H and O–H groups in total. The molecule has 2 aliphatic carbocycles. The number of rotatable bonds is 8. The predicted octanol–water partition coefficient (Wildman–Crippen LogP) is 16.3. The summed E-state index contributed by atoms with van der Waals surface area (Å²) in [5.74, 6) is 0. The van der Waals surface area contributed by atoms with Crippen LogP contribution in [-0.2, 0) is 5.41 Å². The second kappa shape index (κ2) is 15.1. The molecule has 2 nitrogen and oxygen atoms in total. The lowest BCUT2D eigenvalue weighted by Gasteiger charge is -2.33. The molecular formula is C61H42N2. The number of anilines is 6. The molecule has 0 saturated carbocycles. The first-order valence-electron chi connectivity index (χ1n) is 21.8. The van der Waals surface area contributed by atoms with Crippen LogP contribution < -0.4 is 9.80 Å². The summed E-state index contributed by atoms with van der Waals surface area (Å²) in [5.41, 5.74) is 21.1. The van der Waals surface area contributed by atoms with E-state index in [0.29, 0.717) is 0 Å². The summed E-state index contributed by atoms with van der Waals surface area (Å²) < 4.78 is 0. The molecule has 63 heavy (non-hydrogen) atoms. The maximum Gasteiger partial charge on any atom is 0.0727 e. The number of fused-ring (bicyclic) bond motifs is 10. The van der Waals surface area contributed by atoms with Crippen molar-refractivity contribution in [2.45, 2.75) is 5.41 Å². The van der Waals surface area contributed by atoms with E-state index in [-0.39, 0.29) is 0 Å². The third-order valence-corrected chi connectivity index (χ3v) is 13.0. The van der Waals surface area contributed by atoms with Crippen LogP contribution in [0.5, 0.6) is 0 Å².